The van der Waals surface area contributed by atoms with Crippen molar-refractivity contribution in [2.45, 2.75) is 131 Å². The molecule has 0 aliphatic rings. The molecule has 62 heavy (non-hydrogen) atoms. The number of hydrogen-bond donors (Lipinski definition) is 3. The molecular formula is C42H71BClN6O11U. The number of carboxylic acids is 1. The second kappa shape index (κ2) is 31.9. The Bertz CT molecular complexity index is 1710. The maximum Gasteiger partial charge on any atom is 0.416 e. The summed E-state index contributed by atoms with van der Waals surface area (Å²) in [5.74, 6) is -1.03. The summed E-state index contributed by atoms with van der Waals surface area (Å²) in [6, 6.07) is 6.52. The van der Waals surface area contributed by atoms with Gasteiger partial charge in [-0.3, -0.25) is 24.2 Å². The Balaban J connectivity index is -0.000000449. The Morgan fingerprint density at radius 3 is 1.45 bits per heavy atom. The van der Waals surface area contributed by atoms with Crippen LogP contribution in [0.4, 0.5) is 21.2 Å². The summed E-state index contributed by atoms with van der Waals surface area (Å²) >= 11 is 5.59. The maximum atomic E-state index is 12.6. The van der Waals surface area contributed by atoms with Crippen LogP contribution in [0.1, 0.15) is 106 Å². The minimum absolute atomic E-state index is 0. The van der Waals surface area contributed by atoms with Crippen LogP contribution in [0.2, 0.25) is 0 Å². The number of amides is 3. The number of hydrogen-bond acceptors (Lipinski definition) is 13. The Kier molecular flexibility index (Phi) is 30.9. The van der Waals surface area contributed by atoms with Crippen LogP contribution < -0.4 is 21.3 Å². The van der Waals surface area contributed by atoms with E-state index >= 15 is 0 Å². The van der Waals surface area contributed by atoms with Gasteiger partial charge in [0.25, 0.3) is 0 Å². The van der Waals surface area contributed by atoms with Crippen LogP contribution in [0, 0.1) is 56.8 Å². The molecule has 5 N–H and O–H groups in total. The Morgan fingerprint density at radius 1 is 0.774 bits per heavy atom. The average molecular weight is 1120 g/mol. The molecule has 0 spiro atoms. The third-order valence-electron chi connectivity index (χ3n) is 7.59. The first-order valence-corrected chi connectivity index (χ1v) is 19.8. The quantitative estimate of drug-likeness (QED) is 0.0713. The molecule has 0 unspecified atom stereocenters. The van der Waals surface area contributed by atoms with Crippen LogP contribution >= 0.6 is 11.6 Å². The number of anilines is 2. The van der Waals surface area contributed by atoms with Crippen molar-refractivity contribution in [3.05, 3.63) is 47.8 Å². The molecular weight excluding hydrogens is 1050 g/mol. The van der Waals surface area contributed by atoms with Gasteiger partial charge in [0, 0.05) is 69.4 Å². The number of esters is 2. The molecule has 2 rings (SSSR count). The molecule has 3 amide bonds. The van der Waals surface area contributed by atoms with Crippen molar-refractivity contribution in [3.63, 3.8) is 0 Å². The van der Waals surface area contributed by atoms with E-state index in [4.69, 9.17) is 33.6 Å². The van der Waals surface area contributed by atoms with Gasteiger partial charge in [0.1, 0.15) is 34.3 Å². The summed E-state index contributed by atoms with van der Waals surface area (Å²) in [5.41, 5.74) is 0.652. The van der Waals surface area contributed by atoms with Gasteiger partial charge in [-0.2, -0.15) is 0 Å². The second-order valence-corrected chi connectivity index (χ2v) is 16.7. The summed E-state index contributed by atoms with van der Waals surface area (Å²) in [4.78, 5) is 81.4. The predicted molar refractivity (Wildman–Crippen MR) is 240 cm³/mol. The first kappa shape index (κ1) is 60.2. The van der Waals surface area contributed by atoms with Crippen molar-refractivity contribution >= 4 is 67.6 Å². The van der Waals surface area contributed by atoms with Crippen molar-refractivity contribution in [3.8, 4) is 0 Å². The molecule has 0 saturated heterocycles. The van der Waals surface area contributed by atoms with Crippen molar-refractivity contribution in [2.75, 3.05) is 37.1 Å². The van der Waals surface area contributed by atoms with Crippen LogP contribution in [0.25, 0.3) is 0 Å². The molecule has 0 saturated carbocycles. The number of aromatic nitrogens is 2. The van der Waals surface area contributed by atoms with Gasteiger partial charge in [-0.1, -0.05) is 27.7 Å². The van der Waals surface area contributed by atoms with E-state index in [2.05, 4.69) is 20.0 Å². The van der Waals surface area contributed by atoms with Crippen molar-refractivity contribution in [1.29, 1.82) is 2.67 Å². The Morgan fingerprint density at radius 2 is 1.16 bits per heavy atom. The summed E-state index contributed by atoms with van der Waals surface area (Å²) < 4.78 is 31.5. The van der Waals surface area contributed by atoms with Crippen LogP contribution in [0.3, 0.4) is 0 Å². The Hall–Kier alpha value is -3.91. The van der Waals surface area contributed by atoms with Crippen LogP contribution in [-0.2, 0) is 38.1 Å². The number of carboxylic acid groups (broad SMARTS) is 1. The molecule has 2 heterocycles. The number of carbonyl (C=O) groups is 6. The third kappa shape index (κ3) is 27.9. The van der Waals surface area contributed by atoms with E-state index in [1.807, 2.05) is 53.7 Å². The molecule has 0 aliphatic heterocycles. The fraction of sp³-hybridized carbons (Fsp3) is 0.619. The van der Waals surface area contributed by atoms with E-state index < -0.39 is 46.7 Å². The molecule has 0 fully saturated rings. The van der Waals surface area contributed by atoms with E-state index in [1.54, 1.807) is 66.1 Å². The van der Waals surface area contributed by atoms with E-state index in [0.29, 0.717) is 32.8 Å². The molecule has 349 valence electrons. The number of alkyl halides is 1. The van der Waals surface area contributed by atoms with E-state index in [9.17, 15) is 28.8 Å². The zero-order valence-electron chi connectivity index (χ0n) is 41.0. The molecule has 2 atom stereocenters. The van der Waals surface area contributed by atoms with Gasteiger partial charge < -0.3 is 35.5 Å². The molecule has 2 aromatic rings. The number of aliphatic carboxylic acids is 1. The minimum atomic E-state index is -0.892. The number of nitrogens with one attached hydrogen (secondary N) is 1. The predicted octanol–water partition coefficient (Wildman–Crippen LogP) is 6.89. The Labute approximate surface area is 401 Å². The van der Waals surface area contributed by atoms with Crippen LogP contribution in [-0.4, -0.2) is 112 Å². The standard InChI is InChI=1S/C21H33N3O5.C15H22N2O4.C6H11ClO2.BH2.H3N.U/c1-14(2)18(19(26)28-7)23-17(25)9-8-12-24(20(27)29-21(4,5)6)16-13-15(3)10-11-22-16;1-11-7-8-16-12(10-11)17(9-5-6-13(18)19)14(20)21-15(2,3)4;1-4(2)5(7)6(8)9-3;;;/h10-11,13-14,18H,8-9,12H2,1-7H3,(H,23,25);7-8,10H,5-6,9H2,1-4H3,(H,18,19);4-5H,1-3H3;1H2;1H3;/t18-;;5-;;;/m1.1.../s1/i;;;1T2;;. The SMILES string of the molecule is COC(=O)[C@H](Cl)C(C)C.COC(=O)[C@H](NC(=O)CCCN(C(=O)OC(C)(C)C)c1cc(C)ccn1)C(C)C.Cc1ccnc(N(CCCC(=O)O)C(=O)OC(C)(C)C)c1.N.[3H][B][3H].[U]. The largest absolute Gasteiger partial charge is 0.481 e. The number of rotatable bonds is 15. The van der Waals surface area contributed by atoms with Gasteiger partial charge in [-0.15, -0.1) is 11.6 Å². The molecule has 0 bridgehead atoms. The van der Waals surface area contributed by atoms with E-state index in [1.165, 1.54) is 24.0 Å². The number of halogens is 1. The molecule has 2 aromatic heterocycles. The number of carbonyl (C=O) groups excluding carboxylic acids is 5. The van der Waals surface area contributed by atoms with Gasteiger partial charge >= 0.3 is 30.1 Å². The summed E-state index contributed by atoms with van der Waals surface area (Å²) in [6.07, 6.45) is 3.04. The minimum Gasteiger partial charge on any atom is -0.481 e. The second-order valence-electron chi connectivity index (χ2n) is 16.2. The zero-order chi connectivity index (χ0) is 48.4. The first-order chi connectivity index (χ1) is 28.6. The molecule has 17 nitrogen and oxygen atoms in total. The summed E-state index contributed by atoms with van der Waals surface area (Å²) in [6.45, 7) is 22.4. The van der Waals surface area contributed by atoms with Crippen molar-refractivity contribution in [1.82, 2.24) is 21.4 Å². The third-order valence-corrected chi connectivity index (χ3v) is 8.27. The van der Waals surface area contributed by atoms with Gasteiger partial charge in [-0.25, -0.2) is 24.4 Å². The monoisotopic (exact) mass is 1120 g/mol. The maximum absolute atomic E-state index is 12.6. The van der Waals surface area contributed by atoms with Crippen LogP contribution in [0.5, 0.6) is 0 Å². The number of methoxy groups -OCH3 is 2. The van der Waals surface area contributed by atoms with Gasteiger partial charge in [0.2, 0.25) is 5.91 Å². The number of nitrogens with zero attached hydrogens (tertiary/aromatic N) is 4. The smallest absolute Gasteiger partial charge is 0.416 e. The number of ether oxygens (including phenoxy) is 4. The van der Waals surface area contributed by atoms with Crippen molar-refractivity contribution in [2.24, 2.45) is 11.8 Å². The number of aryl methyl sites for hydroxylation is 2. The fourth-order valence-corrected chi connectivity index (χ4v) is 4.70. The average Bonchev–Trinajstić information content (AvgIpc) is 3.15. The summed E-state index contributed by atoms with van der Waals surface area (Å²) in [5, 5.41) is 10.9. The molecule has 0 aliphatic carbocycles. The molecule has 0 aromatic carbocycles. The fourth-order valence-electron chi connectivity index (χ4n) is 4.61. The van der Waals surface area contributed by atoms with Gasteiger partial charge in [0.05, 0.1) is 22.6 Å². The first-order valence-electron chi connectivity index (χ1n) is 20.6. The zero-order valence-corrected chi connectivity index (χ0v) is 43.9. The number of pyridine rings is 2. The summed E-state index contributed by atoms with van der Waals surface area (Å²) in [7, 11) is 3.12. The topological polar surface area (TPSA) is 239 Å². The van der Waals surface area contributed by atoms with Crippen molar-refractivity contribution < 1.29 is 83.9 Å². The molecule has 1 radical (unpaired) electrons. The molecule has 20 heteroatoms. The normalized spacial score (nSPS) is 11.7. The van der Waals surface area contributed by atoms with E-state index in [0.717, 1.165) is 11.1 Å². The van der Waals surface area contributed by atoms with E-state index in [-0.39, 0.29) is 86.9 Å². The van der Waals surface area contributed by atoms with Gasteiger partial charge in [0.15, 0.2) is 0 Å². The van der Waals surface area contributed by atoms with Crippen LogP contribution in [0.15, 0.2) is 36.7 Å². The van der Waals surface area contributed by atoms with Gasteiger partial charge in [-0.05, 0) is 118 Å².